The lowest BCUT2D eigenvalue weighted by Crippen LogP contribution is -2.18. The van der Waals surface area contributed by atoms with Crippen LogP contribution in [0.5, 0.6) is 0 Å². The van der Waals surface area contributed by atoms with Gasteiger partial charge in [-0.1, -0.05) is 49.7 Å². The number of aryl methyl sites for hydroxylation is 2. The minimum Gasteiger partial charge on any atom is -0.478 e. The van der Waals surface area contributed by atoms with Crippen molar-refractivity contribution in [2.75, 3.05) is 0 Å². The molecule has 0 bridgehead atoms. The lowest BCUT2D eigenvalue weighted by molar-refractivity contribution is 0.0458. The molecule has 0 radical (unpaired) electrons. The van der Waals surface area contributed by atoms with Crippen LogP contribution in [-0.2, 0) is 24.3 Å². The van der Waals surface area contributed by atoms with E-state index >= 15 is 0 Å². The number of carbonyl (C=O) groups is 3. The number of carbonyl (C=O) groups excluding carboxylic acids is 1. The summed E-state index contributed by atoms with van der Waals surface area (Å²) in [5.41, 5.74) is 10.2. The van der Waals surface area contributed by atoms with Gasteiger partial charge in [-0.3, -0.25) is 4.98 Å². The second-order valence-corrected chi connectivity index (χ2v) is 9.06. The van der Waals surface area contributed by atoms with Crippen molar-refractivity contribution in [2.45, 2.75) is 47.3 Å². The van der Waals surface area contributed by atoms with Crippen molar-refractivity contribution in [2.24, 2.45) is 11.7 Å². The van der Waals surface area contributed by atoms with Crippen molar-refractivity contribution in [3.63, 3.8) is 0 Å². The number of halogens is 2. The van der Waals surface area contributed by atoms with E-state index in [1.165, 1.54) is 18.2 Å². The number of aromatic carboxylic acids is 2. The summed E-state index contributed by atoms with van der Waals surface area (Å²) < 4.78 is 5.54. The molecule has 204 valence electrons. The summed E-state index contributed by atoms with van der Waals surface area (Å²) in [7, 11) is 0. The van der Waals surface area contributed by atoms with Gasteiger partial charge in [0.2, 0.25) is 0 Å². The fourth-order valence-corrected chi connectivity index (χ4v) is 4.22. The van der Waals surface area contributed by atoms with Gasteiger partial charge in [-0.25, -0.2) is 14.4 Å². The molecule has 0 atom stereocenters. The zero-order valence-electron chi connectivity index (χ0n) is 21.6. The first kappa shape index (κ1) is 32.6. The van der Waals surface area contributed by atoms with Gasteiger partial charge in [-0.15, -0.1) is 24.8 Å². The van der Waals surface area contributed by atoms with Crippen LogP contribution in [0.3, 0.4) is 0 Å². The predicted molar refractivity (Wildman–Crippen MR) is 150 cm³/mol. The zero-order valence-corrected chi connectivity index (χ0v) is 23.2. The van der Waals surface area contributed by atoms with Gasteiger partial charge >= 0.3 is 17.9 Å². The topological polar surface area (TPSA) is 140 Å². The van der Waals surface area contributed by atoms with Gasteiger partial charge in [-0.05, 0) is 49.4 Å². The first-order valence-electron chi connectivity index (χ1n) is 11.6. The molecule has 0 spiro atoms. The monoisotopic (exact) mass is 562 g/mol. The molecule has 0 aliphatic carbocycles. The number of nitrogens with zero attached hydrogens (tertiary/aromatic N) is 1. The Hall–Kier alpha value is -3.46. The van der Waals surface area contributed by atoms with Gasteiger partial charge in [0.25, 0.3) is 0 Å². The summed E-state index contributed by atoms with van der Waals surface area (Å²) in [6.07, 6.45) is 0.676. The molecule has 3 aromatic rings. The Morgan fingerprint density at radius 2 is 1.47 bits per heavy atom. The predicted octanol–water partition coefficient (Wildman–Crippen LogP) is 5.62. The van der Waals surface area contributed by atoms with Gasteiger partial charge in [0.05, 0.1) is 22.4 Å². The van der Waals surface area contributed by atoms with E-state index in [1.807, 2.05) is 31.2 Å². The number of esters is 1. The molecule has 0 aliphatic heterocycles. The maximum absolute atomic E-state index is 13.5. The molecule has 8 nitrogen and oxygen atoms in total. The Balaban J connectivity index is 0.00000361. The highest BCUT2D eigenvalue weighted by molar-refractivity contribution is 6.00. The molecular formula is C28H32Cl2N2O6. The number of ether oxygens (including phenoxy) is 1. The van der Waals surface area contributed by atoms with Crippen LogP contribution in [0, 0.1) is 19.8 Å². The lowest BCUT2D eigenvalue weighted by Gasteiger charge is -2.20. The highest BCUT2D eigenvalue weighted by Gasteiger charge is 2.26. The second kappa shape index (κ2) is 13.9. The number of hydrogen-bond acceptors (Lipinski definition) is 6. The van der Waals surface area contributed by atoms with Gasteiger partial charge in [-0.2, -0.15) is 0 Å². The van der Waals surface area contributed by atoms with Gasteiger partial charge in [0.15, 0.2) is 0 Å². The van der Waals surface area contributed by atoms with Crippen LogP contribution >= 0.6 is 24.8 Å². The van der Waals surface area contributed by atoms with E-state index in [2.05, 4.69) is 18.8 Å². The average molecular weight is 563 g/mol. The summed E-state index contributed by atoms with van der Waals surface area (Å²) in [5, 5.41) is 19.1. The van der Waals surface area contributed by atoms with E-state index in [9.17, 15) is 24.6 Å². The SMILES string of the molecule is Cc1ccc(-c2c(CN)c(CC(C)C)nc(C)c2C(=O)OCc2c(C(=O)O)cccc2C(=O)O)cc1.Cl.Cl. The van der Waals surface area contributed by atoms with Crippen molar-refractivity contribution in [1.82, 2.24) is 4.98 Å². The molecule has 2 aromatic carbocycles. The third-order valence-corrected chi connectivity index (χ3v) is 5.90. The Bertz CT molecular complexity index is 1290. The Morgan fingerprint density at radius 3 is 1.95 bits per heavy atom. The molecule has 1 aromatic heterocycles. The van der Waals surface area contributed by atoms with E-state index in [1.54, 1.807) is 6.92 Å². The summed E-state index contributed by atoms with van der Waals surface area (Å²) in [5.74, 6) is -3.05. The molecule has 4 N–H and O–H groups in total. The molecule has 0 saturated heterocycles. The largest absolute Gasteiger partial charge is 0.478 e. The number of pyridine rings is 1. The fourth-order valence-electron chi connectivity index (χ4n) is 4.22. The van der Waals surface area contributed by atoms with Crippen LogP contribution in [0.1, 0.15) is 73.0 Å². The molecule has 0 unspecified atom stereocenters. The molecule has 1 heterocycles. The summed E-state index contributed by atoms with van der Waals surface area (Å²) in [4.78, 5) is 41.5. The summed E-state index contributed by atoms with van der Waals surface area (Å²) >= 11 is 0. The fraction of sp³-hybridized carbons (Fsp3) is 0.286. The quantitative estimate of drug-likeness (QED) is 0.285. The molecule has 0 amide bonds. The van der Waals surface area contributed by atoms with Crippen molar-refractivity contribution in [3.8, 4) is 11.1 Å². The first-order chi connectivity index (χ1) is 17.0. The van der Waals surface area contributed by atoms with E-state index < -0.39 is 24.5 Å². The highest BCUT2D eigenvalue weighted by Crippen LogP contribution is 2.33. The molecule has 0 saturated carbocycles. The Kier molecular flexibility index (Phi) is 11.9. The van der Waals surface area contributed by atoms with Crippen LogP contribution in [0.4, 0.5) is 0 Å². The molecule has 0 fully saturated rings. The number of nitrogens with two attached hydrogens (primary N) is 1. The third kappa shape index (κ3) is 7.10. The molecule has 3 rings (SSSR count). The maximum atomic E-state index is 13.5. The highest BCUT2D eigenvalue weighted by atomic mass is 35.5. The van der Waals surface area contributed by atoms with Gasteiger partial charge in [0.1, 0.15) is 6.61 Å². The van der Waals surface area contributed by atoms with Crippen LogP contribution in [-0.4, -0.2) is 33.1 Å². The van der Waals surface area contributed by atoms with E-state index in [4.69, 9.17) is 10.5 Å². The standard InChI is InChI=1S/C28H30N2O6.2ClH/c1-15(2)12-23-21(13-29)25(18-10-8-16(3)9-11-18)24(17(4)30-23)28(35)36-14-22-19(26(31)32)6-5-7-20(22)27(33)34;;/h5-11,15H,12-14,29H2,1-4H3,(H,31,32)(H,33,34);2*1H. The second-order valence-electron chi connectivity index (χ2n) is 9.06. The number of rotatable bonds is 9. The first-order valence-corrected chi connectivity index (χ1v) is 11.6. The zero-order chi connectivity index (χ0) is 26.6. The van der Waals surface area contributed by atoms with Crippen LogP contribution in [0.15, 0.2) is 42.5 Å². The van der Waals surface area contributed by atoms with Gasteiger partial charge < -0.3 is 20.7 Å². The lowest BCUT2D eigenvalue weighted by atomic mass is 9.89. The van der Waals surface area contributed by atoms with Crippen molar-refractivity contribution < 1.29 is 29.3 Å². The number of carboxylic acid groups (broad SMARTS) is 2. The maximum Gasteiger partial charge on any atom is 0.340 e. The van der Waals surface area contributed by atoms with Crippen LogP contribution in [0.2, 0.25) is 0 Å². The normalized spacial score (nSPS) is 10.4. The molecular weight excluding hydrogens is 531 g/mol. The molecule has 0 aliphatic rings. The Labute approximate surface area is 234 Å². The number of aromatic nitrogens is 1. The summed E-state index contributed by atoms with van der Waals surface area (Å²) in [6.45, 7) is 7.46. The minimum absolute atomic E-state index is 0. The van der Waals surface area contributed by atoms with E-state index in [0.29, 0.717) is 23.6 Å². The van der Waals surface area contributed by atoms with Crippen molar-refractivity contribution in [1.29, 1.82) is 0 Å². The average Bonchev–Trinajstić information content (AvgIpc) is 2.81. The van der Waals surface area contributed by atoms with Crippen LogP contribution < -0.4 is 5.73 Å². The number of benzene rings is 2. The smallest absolute Gasteiger partial charge is 0.340 e. The van der Waals surface area contributed by atoms with E-state index in [-0.39, 0.29) is 53.6 Å². The number of hydrogen-bond donors (Lipinski definition) is 3. The van der Waals surface area contributed by atoms with Crippen molar-refractivity contribution in [3.05, 3.63) is 87.2 Å². The van der Waals surface area contributed by atoms with E-state index in [0.717, 1.165) is 22.4 Å². The molecule has 38 heavy (non-hydrogen) atoms. The Morgan fingerprint density at radius 1 is 0.921 bits per heavy atom. The van der Waals surface area contributed by atoms with Crippen molar-refractivity contribution >= 4 is 42.7 Å². The minimum atomic E-state index is -1.31. The van der Waals surface area contributed by atoms with Gasteiger partial charge in [0, 0.05) is 23.4 Å². The molecule has 10 heteroatoms. The number of carboxylic acids is 2. The summed E-state index contributed by atoms with van der Waals surface area (Å²) in [6, 6.07) is 11.6. The van der Waals surface area contributed by atoms with Crippen LogP contribution in [0.25, 0.3) is 11.1 Å². The third-order valence-electron chi connectivity index (χ3n) is 5.90.